The minimum Gasteiger partial charge on any atom is -0.484 e. The molecule has 0 aromatic heterocycles. The molecule has 1 amide bonds. The molecule has 0 radical (unpaired) electrons. The Morgan fingerprint density at radius 3 is 2.35 bits per heavy atom. The third-order valence-corrected chi connectivity index (χ3v) is 3.03. The zero-order chi connectivity index (χ0) is 15.0. The summed E-state index contributed by atoms with van der Waals surface area (Å²) < 4.78 is 5.47. The van der Waals surface area contributed by atoms with Crippen LogP contribution in [-0.4, -0.2) is 41.4 Å². The fourth-order valence-electron chi connectivity index (χ4n) is 1.85. The van der Waals surface area contributed by atoms with E-state index in [1.54, 1.807) is 11.8 Å². The van der Waals surface area contributed by atoms with E-state index >= 15 is 0 Å². The summed E-state index contributed by atoms with van der Waals surface area (Å²) in [5.41, 5.74) is 1.68. The minimum absolute atomic E-state index is 0.0117. The second kappa shape index (κ2) is 8.19. The van der Waals surface area contributed by atoms with Crippen molar-refractivity contribution in [1.82, 2.24) is 4.90 Å². The van der Waals surface area contributed by atoms with Crippen molar-refractivity contribution in [3.05, 3.63) is 29.8 Å². The second-order valence-electron chi connectivity index (χ2n) is 4.51. The number of hydrogen-bond acceptors (Lipinski definition) is 4. The van der Waals surface area contributed by atoms with Gasteiger partial charge in [-0.05, 0) is 38.5 Å². The van der Waals surface area contributed by atoms with Gasteiger partial charge in [-0.2, -0.15) is 0 Å². The molecule has 0 saturated carbocycles. The van der Waals surface area contributed by atoms with Gasteiger partial charge in [0.25, 0.3) is 5.91 Å². The van der Waals surface area contributed by atoms with Gasteiger partial charge in [-0.3, -0.25) is 4.79 Å². The highest BCUT2D eigenvalue weighted by molar-refractivity contribution is 5.83. The van der Waals surface area contributed by atoms with E-state index in [0.29, 0.717) is 31.0 Å². The fraction of sp³-hybridized carbons (Fsp3) is 0.467. The number of carbonyl (C=O) groups is 1. The summed E-state index contributed by atoms with van der Waals surface area (Å²) in [7, 11) is 0. The average molecular weight is 278 g/mol. The highest BCUT2D eigenvalue weighted by atomic mass is 16.5. The molecule has 0 aliphatic rings. The number of amides is 1. The first-order valence-corrected chi connectivity index (χ1v) is 6.77. The van der Waals surface area contributed by atoms with Gasteiger partial charge in [0.15, 0.2) is 6.61 Å². The van der Waals surface area contributed by atoms with E-state index in [9.17, 15) is 4.79 Å². The molecule has 1 aromatic rings. The minimum atomic E-state index is -0.0117. The van der Waals surface area contributed by atoms with Gasteiger partial charge in [-0.15, -0.1) is 0 Å². The Kier molecular flexibility index (Phi) is 6.56. The molecular formula is C15H22N2O3. The number of ether oxygens (including phenoxy) is 1. The molecule has 0 spiro atoms. The Labute approximate surface area is 119 Å². The first-order chi connectivity index (χ1) is 9.60. The van der Waals surface area contributed by atoms with Gasteiger partial charge in [0, 0.05) is 19.5 Å². The predicted molar refractivity (Wildman–Crippen MR) is 78.5 cm³/mol. The van der Waals surface area contributed by atoms with Crippen LogP contribution in [0.4, 0.5) is 0 Å². The van der Waals surface area contributed by atoms with Gasteiger partial charge in [0.1, 0.15) is 5.75 Å². The van der Waals surface area contributed by atoms with Crippen LogP contribution in [0, 0.1) is 0 Å². The van der Waals surface area contributed by atoms with Crippen LogP contribution in [-0.2, 0) is 11.2 Å². The van der Waals surface area contributed by atoms with Crippen molar-refractivity contribution in [3.8, 4) is 5.75 Å². The van der Waals surface area contributed by atoms with Crippen LogP contribution < -0.4 is 4.74 Å². The van der Waals surface area contributed by atoms with Crippen molar-refractivity contribution in [1.29, 1.82) is 0 Å². The molecule has 5 nitrogen and oxygen atoms in total. The molecule has 0 saturated heterocycles. The highest BCUT2D eigenvalue weighted by Gasteiger charge is 2.09. The van der Waals surface area contributed by atoms with E-state index in [4.69, 9.17) is 9.94 Å². The second-order valence-corrected chi connectivity index (χ2v) is 4.51. The first-order valence-electron chi connectivity index (χ1n) is 6.77. The van der Waals surface area contributed by atoms with Crippen LogP contribution in [0.15, 0.2) is 29.4 Å². The number of likely N-dealkylation sites (N-methyl/N-ethyl adjacent to an activating group) is 1. The van der Waals surface area contributed by atoms with Crippen molar-refractivity contribution in [3.63, 3.8) is 0 Å². The van der Waals surface area contributed by atoms with Gasteiger partial charge in [-0.1, -0.05) is 17.3 Å². The summed E-state index contributed by atoms with van der Waals surface area (Å²) in [4.78, 5) is 13.5. The molecule has 1 rings (SSSR count). The normalized spacial score (nSPS) is 11.2. The molecule has 1 aromatic carbocycles. The van der Waals surface area contributed by atoms with Crippen LogP contribution in [0.2, 0.25) is 0 Å². The SMILES string of the molecule is CCN(CC)C(=O)COc1ccc(C/C(C)=N/O)cc1. The lowest BCUT2D eigenvalue weighted by atomic mass is 10.1. The zero-order valence-corrected chi connectivity index (χ0v) is 12.3. The Balaban J connectivity index is 2.51. The third kappa shape index (κ3) is 4.91. The van der Waals surface area contributed by atoms with Crippen LogP contribution in [0.5, 0.6) is 5.75 Å². The molecule has 110 valence electrons. The number of nitrogens with zero attached hydrogens (tertiary/aromatic N) is 2. The van der Waals surface area contributed by atoms with Gasteiger partial charge < -0.3 is 14.8 Å². The summed E-state index contributed by atoms with van der Waals surface area (Å²) in [6.45, 7) is 7.09. The zero-order valence-electron chi connectivity index (χ0n) is 12.3. The van der Waals surface area contributed by atoms with E-state index in [1.165, 1.54) is 0 Å². The first kappa shape index (κ1) is 16.0. The van der Waals surface area contributed by atoms with Crippen molar-refractivity contribution < 1.29 is 14.7 Å². The Bertz CT molecular complexity index is 451. The topological polar surface area (TPSA) is 62.1 Å². The Hall–Kier alpha value is -2.04. The molecule has 1 N–H and O–H groups in total. The molecule has 0 aliphatic carbocycles. The van der Waals surface area contributed by atoms with E-state index < -0.39 is 0 Å². The van der Waals surface area contributed by atoms with Crippen LogP contribution in [0.1, 0.15) is 26.3 Å². The van der Waals surface area contributed by atoms with E-state index in [1.807, 2.05) is 38.1 Å². The number of benzene rings is 1. The third-order valence-electron chi connectivity index (χ3n) is 3.03. The highest BCUT2D eigenvalue weighted by Crippen LogP contribution is 2.13. The van der Waals surface area contributed by atoms with Gasteiger partial charge >= 0.3 is 0 Å². The van der Waals surface area contributed by atoms with Gasteiger partial charge in [0.05, 0.1) is 5.71 Å². The number of carbonyl (C=O) groups excluding carboxylic acids is 1. The lowest BCUT2D eigenvalue weighted by molar-refractivity contribution is -0.132. The number of oxime groups is 1. The summed E-state index contributed by atoms with van der Waals surface area (Å²) in [5, 5.41) is 11.8. The van der Waals surface area contributed by atoms with E-state index in [-0.39, 0.29) is 12.5 Å². The van der Waals surface area contributed by atoms with Crippen molar-refractivity contribution in [2.75, 3.05) is 19.7 Å². The van der Waals surface area contributed by atoms with Crippen molar-refractivity contribution in [2.45, 2.75) is 27.2 Å². The van der Waals surface area contributed by atoms with E-state index in [2.05, 4.69) is 5.16 Å². The van der Waals surface area contributed by atoms with E-state index in [0.717, 1.165) is 5.56 Å². The largest absolute Gasteiger partial charge is 0.484 e. The summed E-state index contributed by atoms with van der Waals surface area (Å²) in [6.07, 6.45) is 0.592. The van der Waals surface area contributed by atoms with Gasteiger partial charge in [-0.25, -0.2) is 0 Å². The molecule has 0 aliphatic heterocycles. The summed E-state index contributed by atoms with van der Waals surface area (Å²) >= 11 is 0. The molecule has 5 heteroatoms. The maximum Gasteiger partial charge on any atom is 0.260 e. The fourth-order valence-corrected chi connectivity index (χ4v) is 1.85. The van der Waals surface area contributed by atoms with Crippen molar-refractivity contribution >= 4 is 11.6 Å². The predicted octanol–water partition coefficient (Wildman–Crippen LogP) is 2.33. The maximum absolute atomic E-state index is 11.8. The van der Waals surface area contributed by atoms with Gasteiger partial charge in [0.2, 0.25) is 0 Å². The average Bonchev–Trinajstić information content (AvgIpc) is 2.47. The Morgan fingerprint density at radius 2 is 1.85 bits per heavy atom. The quantitative estimate of drug-likeness (QED) is 0.473. The molecule has 0 heterocycles. The van der Waals surface area contributed by atoms with Crippen molar-refractivity contribution in [2.24, 2.45) is 5.16 Å². The molecule has 0 atom stereocenters. The standard InChI is InChI=1S/C15H22N2O3/c1-4-17(5-2)15(18)11-20-14-8-6-13(7-9-14)10-12(3)16-19/h6-9,19H,4-5,10-11H2,1-3H3/b16-12+. The molecule has 0 bridgehead atoms. The summed E-state index contributed by atoms with van der Waals surface area (Å²) in [5.74, 6) is 0.648. The maximum atomic E-state index is 11.8. The molecular weight excluding hydrogens is 256 g/mol. The number of hydrogen-bond donors (Lipinski definition) is 1. The molecule has 20 heavy (non-hydrogen) atoms. The summed E-state index contributed by atoms with van der Waals surface area (Å²) in [6, 6.07) is 7.42. The molecule has 0 fully saturated rings. The monoisotopic (exact) mass is 278 g/mol. The number of rotatable bonds is 7. The lowest BCUT2D eigenvalue weighted by Gasteiger charge is -2.18. The molecule has 0 unspecified atom stereocenters. The lowest BCUT2D eigenvalue weighted by Crippen LogP contribution is -2.34. The smallest absolute Gasteiger partial charge is 0.260 e. The Morgan fingerprint density at radius 1 is 1.25 bits per heavy atom. The van der Waals surface area contributed by atoms with Crippen LogP contribution in [0.3, 0.4) is 0 Å². The van der Waals surface area contributed by atoms with Crippen LogP contribution in [0.25, 0.3) is 0 Å². The van der Waals surface area contributed by atoms with Crippen LogP contribution >= 0.6 is 0 Å².